The summed E-state index contributed by atoms with van der Waals surface area (Å²) in [6.45, 7) is 2.68. The third kappa shape index (κ3) is 4.45. The highest BCUT2D eigenvalue weighted by molar-refractivity contribution is 5.88. The smallest absolute Gasteiger partial charge is 0.315 e. The molecule has 0 aromatic heterocycles. The van der Waals surface area contributed by atoms with Crippen LogP contribution < -0.4 is 16.4 Å². The van der Waals surface area contributed by atoms with Gasteiger partial charge in [0.1, 0.15) is 11.9 Å². The molecule has 1 aromatic rings. The molecule has 0 bridgehead atoms. The summed E-state index contributed by atoms with van der Waals surface area (Å²) in [6.07, 6.45) is 1.96. The zero-order valence-corrected chi connectivity index (χ0v) is 10.6. The molecule has 18 heavy (non-hydrogen) atoms. The lowest BCUT2D eigenvalue weighted by Gasteiger charge is -2.18. The average molecular weight is 248 g/mol. The molecule has 0 fully saturated rings. The number of amidine groups is 1. The third-order valence-corrected chi connectivity index (χ3v) is 2.54. The van der Waals surface area contributed by atoms with Gasteiger partial charge in [-0.3, -0.25) is 5.41 Å². The minimum Gasteiger partial charge on any atom is -0.386 e. The molecule has 0 radical (unpaired) electrons. The van der Waals surface area contributed by atoms with Crippen molar-refractivity contribution in [1.29, 1.82) is 5.41 Å². The summed E-state index contributed by atoms with van der Waals surface area (Å²) < 4.78 is 0. The fourth-order valence-corrected chi connectivity index (χ4v) is 1.55. The molecule has 0 spiro atoms. The second-order valence-corrected chi connectivity index (χ2v) is 4.05. The van der Waals surface area contributed by atoms with Crippen molar-refractivity contribution in [3.63, 3.8) is 0 Å². The van der Waals surface area contributed by atoms with Gasteiger partial charge in [-0.1, -0.05) is 43.7 Å². The van der Waals surface area contributed by atoms with E-state index < -0.39 is 6.04 Å². The predicted octanol–water partition coefficient (Wildman–Crippen LogP) is 1.76. The van der Waals surface area contributed by atoms with Crippen molar-refractivity contribution in [3.8, 4) is 0 Å². The van der Waals surface area contributed by atoms with Crippen LogP contribution in [0.2, 0.25) is 0 Å². The number of unbranched alkanes of at least 4 members (excludes halogenated alkanes) is 1. The quantitative estimate of drug-likeness (QED) is 0.351. The van der Waals surface area contributed by atoms with E-state index in [1.165, 1.54) is 0 Å². The monoisotopic (exact) mass is 248 g/mol. The number of nitrogens with two attached hydrogens (primary N) is 1. The molecule has 5 N–H and O–H groups in total. The molecule has 1 unspecified atom stereocenters. The molecule has 2 amide bonds. The van der Waals surface area contributed by atoms with Crippen LogP contribution >= 0.6 is 0 Å². The summed E-state index contributed by atoms with van der Waals surface area (Å²) in [5.41, 5.74) is 6.31. The van der Waals surface area contributed by atoms with Crippen molar-refractivity contribution in [2.24, 2.45) is 5.73 Å². The Morgan fingerprint density at radius 2 is 2.06 bits per heavy atom. The lowest BCUT2D eigenvalue weighted by atomic mass is 10.1. The zero-order valence-electron chi connectivity index (χ0n) is 10.6. The minimum atomic E-state index is -0.576. The maximum absolute atomic E-state index is 11.6. The third-order valence-electron chi connectivity index (χ3n) is 2.54. The van der Waals surface area contributed by atoms with Crippen molar-refractivity contribution in [3.05, 3.63) is 35.9 Å². The highest BCUT2D eigenvalue weighted by atomic mass is 16.2. The van der Waals surface area contributed by atoms with E-state index in [1.54, 1.807) is 0 Å². The molecule has 98 valence electrons. The van der Waals surface area contributed by atoms with Crippen LogP contribution in [0.25, 0.3) is 0 Å². The highest BCUT2D eigenvalue weighted by Crippen LogP contribution is 2.11. The van der Waals surface area contributed by atoms with Crippen LogP contribution in [0.5, 0.6) is 0 Å². The molecule has 1 rings (SSSR count). The molecule has 0 aliphatic carbocycles. The Kier molecular flexibility index (Phi) is 5.70. The Hall–Kier alpha value is -2.04. The first kappa shape index (κ1) is 14.0. The zero-order chi connectivity index (χ0) is 13.4. The number of hydrogen-bond acceptors (Lipinski definition) is 2. The molecule has 0 saturated heterocycles. The van der Waals surface area contributed by atoms with Crippen LogP contribution in [-0.2, 0) is 0 Å². The maximum atomic E-state index is 11.6. The fraction of sp³-hybridized carbons (Fsp3) is 0.385. The standard InChI is InChI=1S/C13H20N4O/c1-2-3-9-16-13(18)17-11(12(14)15)10-7-5-4-6-8-10/h4-8,11H,2-3,9H2,1H3,(H3,14,15)(H2,16,17,18). The van der Waals surface area contributed by atoms with Crippen molar-refractivity contribution >= 4 is 11.9 Å². The van der Waals surface area contributed by atoms with E-state index in [0.717, 1.165) is 18.4 Å². The van der Waals surface area contributed by atoms with Gasteiger partial charge in [0.15, 0.2) is 0 Å². The summed E-state index contributed by atoms with van der Waals surface area (Å²) in [5.74, 6) is -0.0770. The summed E-state index contributed by atoms with van der Waals surface area (Å²) in [6, 6.07) is 8.36. The van der Waals surface area contributed by atoms with Gasteiger partial charge in [0.05, 0.1) is 0 Å². The van der Waals surface area contributed by atoms with Crippen LogP contribution in [0.1, 0.15) is 31.4 Å². The number of hydrogen-bond donors (Lipinski definition) is 4. The lowest BCUT2D eigenvalue weighted by molar-refractivity contribution is 0.239. The Morgan fingerprint density at radius 3 is 2.61 bits per heavy atom. The molecule has 0 aliphatic rings. The van der Waals surface area contributed by atoms with Crippen LogP contribution in [0.15, 0.2) is 30.3 Å². The van der Waals surface area contributed by atoms with Gasteiger partial charge in [0.25, 0.3) is 0 Å². The summed E-state index contributed by atoms with van der Waals surface area (Å²) >= 11 is 0. The molecule has 1 atom stereocenters. The van der Waals surface area contributed by atoms with Gasteiger partial charge in [-0.15, -0.1) is 0 Å². The number of amides is 2. The van der Waals surface area contributed by atoms with Gasteiger partial charge < -0.3 is 16.4 Å². The summed E-state index contributed by atoms with van der Waals surface area (Å²) in [7, 11) is 0. The normalized spacial score (nSPS) is 11.6. The largest absolute Gasteiger partial charge is 0.386 e. The second-order valence-electron chi connectivity index (χ2n) is 4.05. The first-order valence-electron chi connectivity index (χ1n) is 6.08. The van der Waals surface area contributed by atoms with E-state index in [9.17, 15) is 4.79 Å². The Labute approximate surface area is 107 Å². The highest BCUT2D eigenvalue weighted by Gasteiger charge is 2.16. The van der Waals surface area contributed by atoms with Gasteiger partial charge in [-0.05, 0) is 12.0 Å². The maximum Gasteiger partial charge on any atom is 0.315 e. The number of nitrogens with one attached hydrogen (secondary N) is 3. The first-order valence-corrected chi connectivity index (χ1v) is 6.08. The van der Waals surface area contributed by atoms with E-state index in [2.05, 4.69) is 17.6 Å². The van der Waals surface area contributed by atoms with E-state index in [-0.39, 0.29) is 11.9 Å². The topological polar surface area (TPSA) is 91.0 Å². The van der Waals surface area contributed by atoms with Crippen molar-refractivity contribution in [2.45, 2.75) is 25.8 Å². The first-order chi connectivity index (χ1) is 8.65. The van der Waals surface area contributed by atoms with E-state index in [0.29, 0.717) is 6.54 Å². The van der Waals surface area contributed by atoms with E-state index >= 15 is 0 Å². The van der Waals surface area contributed by atoms with Crippen LogP contribution in [0.4, 0.5) is 4.79 Å². The van der Waals surface area contributed by atoms with Gasteiger partial charge >= 0.3 is 6.03 Å². The van der Waals surface area contributed by atoms with Crippen LogP contribution in [0.3, 0.4) is 0 Å². The summed E-state index contributed by atoms with van der Waals surface area (Å²) in [4.78, 5) is 11.6. The van der Waals surface area contributed by atoms with Crippen LogP contribution in [0, 0.1) is 5.41 Å². The minimum absolute atomic E-state index is 0.0770. The number of urea groups is 1. The molecule has 0 saturated carbocycles. The molecule has 0 aliphatic heterocycles. The average Bonchev–Trinajstić information content (AvgIpc) is 2.37. The molecule has 1 aromatic carbocycles. The summed E-state index contributed by atoms with van der Waals surface area (Å²) in [5, 5.41) is 13.0. The molecular formula is C13H20N4O. The number of carbonyl (C=O) groups excluding carboxylic acids is 1. The lowest BCUT2D eigenvalue weighted by Crippen LogP contribution is -2.43. The molecule has 5 nitrogen and oxygen atoms in total. The van der Waals surface area contributed by atoms with Gasteiger partial charge in [0, 0.05) is 6.54 Å². The van der Waals surface area contributed by atoms with Gasteiger partial charge in [-0.25, -0.2) is 4.79 Å². The molecule has 0 heterocycles. The Morgan fingerprint density at radius 1 is 1.39 bits per heavy atom. The van der Waals surface area contributed by atoms with Gasteiger partial charge in [0.2, 0.25) is 0 Å². The number of rotatable bonds is 6. The fourth-order valence-electron chi connectivity index (χ4n) is 1.55. The number of carbonyl (C=O) groups is 1. The predicted molar refractivity (Wildman–Crippen MR) is 72.5 cm³/mol. The SMILES string of the molecule is CCCCNC(=O)NC(C(=N)N)c1ccccc1. The molecular weight excluding hydrogens is 228 g/mol. The Balaban J connectivity index is 2.59. The second kappa shape index (κ2) is 7.32. The van der Waals surface area contributed by atoms with Gasteiger partial charge in [-0.2, -0.15) is 0 Å². The van der Waals surface area contributed by atoms with Crippen molar-refractivity contribution < 1.29 is 4.79 Å². The van der Waals surface area contributed by atoms with E-state index in [4.69, 9.17) is 11.1 Å². The number of benzene rings is 1. The van der Waals surface area contributed by atoms with Crippen molar-refractivity contribution in [1.82, 2.24) is 10.6 Å². The Bertz CT molecular complexity index is 391. The van der Waals surface area contributed by atoms with Crippen molar-refractivity contribution in [2.75, 3.05) is 6.54 Å². The van der Waals surface area contributed by atoms with E-state index in [1.807, 2.05) is 30.3 Å². The van der Waals surface area contributed by atoms with Crippen LogP contribution in [-0.4, -0.2) is 18.4 Å². The molecule has 5 heteroatoms.